The Morgan fingerprint density at radius 2 is 1.94 bits per heavy atom. The summed E-state index contributed by atoms with van der Waals surface area (Å²) in [5, 5.41) is 12.1. The first-order valence-electron chi connectivity index (χ1n) is 9.63. The maximum Gasteiger partial charge on any atom is 0.327 e. The van der Waals surface area contributed by atoms with Crippen LogP contribution in [0.5, 0.6) is 0 Å². The Hall–Kier alpha value is -2.63. The van der Waals surface area contributed by atoms with E-state index in [0.29, 0.717) is 0 Å². The van der Waals surface area contributed by atoms with Crippen LogP contribution in [0, 0.1) is 0 Å². The van der Waals surface area contributed by atoms with E-state index < -0.39 is 53.3 Å². The van der Waals surface area contributed by atoms with Gasteiger partial charge in [0.25, 0.3) is 5.91 Å². The van der Waals surface area contributed by atoms with Crippen LogP contribution in [0.4, 0.5) is 4.79 Å². The Labute approximate surface area is 183 Å². The van der Waals surface area contributed by atoms with Gasteiger partial charge < -0.3 is 19.3 Å². The van der Waals surface area contributed by atoms with E-state index in [2.05, 4.69) is 5.32 Å². The van der Waals surface area contributed by atoms with E-state index in [4.69, 9.17) is 14.2 Å². The lowest BCUT2D eigenvalue weighted by molar-refractivity contribution is -0.159. The zero-order valence-corrected chi connectivity index (χ0v) is 18.1. The van der Waals surface area contributed by atoms with Crippen LogP contribution in [0.3, 0.4) is 0 Å². The molecule has 2 heterocycles. The molecule has 0 unspecified atom stereocenters. The molecule has 3 amide bonds. The van der Waals surface area contributed by atoms with Crippen molar-refractivity contribution >= 4 is 35.6 Å². The Balaban J connectivity index is 1.88. The molecule has 3 rings (SSSR count). The number of thioether (sulfide) groups is 1. The number of esters is 2. The molecule has 11 heteroatoms. The van der Waals surface area contributed by atoms with Gasteiger partial charge in [-0.1, -0.05) is 30.0 Å². The van der Waals surface area contributed by atoms with Crippen molar-refractivity contribution in [3.05, 3.63) is 30.3 Å². The summed E-state index contributed by atoms with van der Waals surface area (Å²) in [6, 6.07) is 8.24. The molecule has 2 saturated heterocycles. The van der Waals surface area contributed by atoms with Gasteiger partial charge in [0.1, 0.15) is 30.4 Å². The number of aliphatic hydroxyl groups is 1. The highest BCUT2D eigenvalue weighted by atomic mass is 32.2. The predicted octanol–water partition coefficient (Wildman–Crippen LogP) is 1.02. The minimum Gasteiger partial charge on any atom is -0.463 e. The molecule has 168 valence electrons. The van der Waals surface area contributed by atoms with Crippen molar-refractivity contribution in [1.82, 2.24) is 10.2 Å². The number of nitrogens with one attached hydrogen (secondary N) is 1. The van der Waals surface area contributed by atoms with Crippen molar-refractivity contribution in [3.63, 3.8) is 0 Å². The van der Waals surface area contributed by atoms with Crippen molar-refractivity contribution in [2.45, 2.75) is 61.5 Å². The number of imide groups is 1. The number of hydrogen-bond donors (Lipinski definition) is 2. The molecule has 0 bridgehead atoms. The molecule has 1 aromatic carbocycles. The van der Waals surface area contributed by atoms with Crippen LogP contribution in [0.1, 0.15) is 27.2 Å². The number of ether oxygens (including phenoxy) is 3. The number of carbonyl (C=O) groups excluding carboxylic acids is 4. The van der Waals surface area contributed by atoms with E-state index in [1.165, 1.54) is 25.7 Å². The third kappa shape index (κ3) is 5.17. The normalized spacial score (nSPS) is 30.6. The third-order valence-corrected chi connectivity index (χ3v) is 6.35. The molecule has 2 aliphatic rings. The Morgan fingerprint density at radius 1 is 1.26 bits per heavy atom. The first kappa shape index (κ1) is 23.0. The van der Waals surface area contributed by atoms with Crippen LogP contribution >= 0.6 is 11.8 Å². The highest BCUT2D eigenvalue weighted by molar-refractivity contribution is 8.00. The second-order valence-corrected chi connectivity index (χ2v) is 8.57. The number of rotatable bonds is 6. The maximum absolute atomic E-state index is 12.8. The summed E-state index contributed by atoms with van der Waals surface area (Å²) in [6.07, 6.45) is -2.45. The van der Waals surface area contributed by atoms with Gasteiger partial charge in [-0.25, -0.2) is 4.79 Å². The first-order valence-corrected chi connectivity index (χ1v) is 10.5. The zero-order valence-electron chi connectivity index (χ0n) is 17.3. The number of benzene rings is 1. The largest absolute Gasteiger partial charge is 0.463 e. The topological polar surface area (TPSA) is 131 Å². The summed E-state index contributed by atoms with van der Waals surface area (Å²) >= 11 is 1.13. The Kier molecular flexibility index (Phi) is 6.87. The molecule has 2 fully saturated rings. The van der Waals surface area contributed by atoms with Crippen molar-refractivity contribution in [2.24, 2.45) is 0 Å². The standard InChI is InChI=1S/C20H24N2O8S/c1-11(23)28-10-15-14(29-12(2)24)9-16(30-15)22-18(31-13-7-5-4-6-8-13)20(3,27)17(25)21-19(22)26/h4-8,14-16,18,27H,9-10H2,1-3H3,(H,21,25,26)/t14-,15+,16+,18+,20-/m0/s1. The average molecular weight is 452 g/mol. The summed E-state index contributed by atoms with van der Waals surface area (Å²) in [6.45, 7) is 3.62. The van der Waals surface area contributed by atoms with Crippen LogP contribution < -0.4 is 5.32 Å². The van der Waals surface area contributed by atoms with Gasteiger partial charge >= 0.3 is 18.0 Å². The quantitative estimate of drug-likeness (QED) is 0.607. The summed E-state index contributed by atoms with van der Waals surface area (Å²) in [5.41, 5.74) is -1.93. The van der Waals surface area contributed by atoms with Crippen molar-refractivity contribution in [1.29, 1.82) is 0 Å². The SMILES string of the molecule is CC(=O)OC[C@H]1O[C@@H](N2C(=O)NC(=O)[C@](C)(O)[C@H]2Sc2ccccc2)C[C@@H]1OC(C)=O. The Morgan fingerprint density at radius 3 is 2.55 bits per heavy atom. The van der Waals surface area contributed by atoms with E-state index in [9.17, 15) is 24.3 Å². The monoisotopic (exact) mass is 452 g/mol. The average Bonchev–Trinajstić information content (AvgIpc) is 3.07. The molecule has 0 aliphatic carbocycles. The first-order chi connectivity index (χ1) is 14.6. The predicted molar refractivity (Wildman–Crippen MR) is 108 cm³/mol. The molecule has 0 saturated carbocycles. The van der Waals surface area contributed by atoms with E-state index in [1.54, 1.807) is 24.3 Å². The molecular formula is C20H24N2O8S. The van der Waals surface area contributed by atoms with Gasteiger partial charge in [-0.15, -0.1) is 0 Å². The van der Waals surface area contributed by atoms with Crippen LogP contribution in [0.2, 0.25) is 0 Å². The van der Waals surface area contributed by atoms with Gasteiger partial charge in [0.05, 0.1) is 0 Å². The molecular weight excluding hydrogens is 428 g/mol. The van der Waals surface area contributed by atoms with Crippen molar-refractivity contribution in [2.75, 3.05) is 6.61 Å². The highest BCUT2D eigenvalue weighted by Gasteiger charge is 2.55. The fourth-order valence-corrected chi connectivity index (χ4v) is 4.67. The molecule has 0 spiro atoms. The number of urea groups is 1. The number of carbonyl (C=O) groups is 4. The van der Waals surface area contributed by atoms with E-state index in [0.717, 1.165) is 16.7 Å². The van der Waals surface area contributed by atoms with Crippen molar-refractivity contribution < 1.29 is 38.5 Å². The van der Waals surface area contributed by atoms with Crippen LogP contribution in [-0.2, 0) is 28.6 Å². The molecule has 0 aromatic heterocycles. The zero-order chi connectivity index (χ0) is 22.8. The Bertz CT molecular complexity index is 862. The fourth-order valence-electron chi connectivity index (χ4n) is 3.42. The minimum absolute atomic E-state index is 0.0784. The molecule has 5 atom stereocenters. The second-order valence-electron chi connectivity index (χ2n) is 7.41. The van der Waals surface area contributed by atoms with Crippen LogP contribution in [0.15, 0.2) is 35.2 Å². The number of hydrogen-bond acceptors (Lipinski definition) is 9. The van der Waals surface area contributed by atoms with Crippen LogP contribution in [-0.4, -0.2) is 69.9 Å². The lowest BCUT2D eigenvalue weighted by Gasteiger charge is -2.45. The lowest BCUT2D eigenvalue weighted by atomic mass is 10.0. The van der Waals surface area contributed by atoms with Crippen LogP contribution in [0.25, 0.3) is 0 Å². The smallest absolute Gasteiger partial charge is 0.327 e. The molecule has 2 N–H and O–H groups in total. The summed E-state index contributed by atoms with van der Waals surface area (Å²) < 4.78 is 16.2. The van der Waals surface area contributed by atoms with Gasteiger partial charge in [-0.2, -0.15) is 0 Å². The van der Waals surface area contributed by atoms with Gasteiger partial charge in [-0.05, 0) is 19.1 Å². The van der Waals surface area contributed by atoms with Gasteiger partial charge in [0.15, 0.2) is 5.60 Å². The number of amides is 3. The van der Waals surface area contributed by atoms with E-state index in [1.807, 2.05) is 6.07 Å². The molecule has 2 aliphatic heterocycles. The highest BCUT2D eigenvalue weighted by Crippen LogP contribution is 2.39. The molecule has 0 radical (unpaired) electrons. The fraction of sp³-hybridized carbons (Fsp3) is 0.500. The molecule has 31 heavy (non-hydrogen) atoms. The second kappa shape index (κ2) is 9.25. The lowest BCUT2D eigenvalue weighted by Crippen LogP contribution is -2.69. The third-order valence-electron chi connectivity index (χ3n) is 4.90. The van der Waals surface area contributed by atoms with E-state index in [-0.39, 0.29) is 13.0 Å². The van der Waals surface area contributed by atoms with Gasteiger partial charge in [0, 0.05) is 25.2 Å². The summed E-state index contributed by atoms with van der Waals surface area (Å²) in [7, 11) is 0. The number of nitrogens with zero attached hydrogens (tertiary/aromatic N) is 1. The van der Waals surface area contributed by atoms with Gasteiger partial charge in [-0.3, -0.25) is 24.6 Å². The summed E-state index contributed by atoms with van der Waals surface area (Å²) in [4.78, 5) is 49.8. The minimum atomic E-state index is -1.93. The van der Waals surface area contributed by atoms with Gasteiger partial charge in [0.2, 0.25) is 0 Å². The molecule has 1 aromatic rings. The van der Waals surface area contributed by atoms with E-state index >= 15 is 0 Å². The molecule has 10 nitrogen and oxygen atoms in total. The van der Waals surface area contributed by atoms with Crippen molar-refractivity contribution in [3.8, 4) is 0 Å². The maximum atomic E-state index is 12.8. The summed E-state index contributed by atoms with van der Waals surface area (Å²) in [5.74, 6) is -1.91.